The van der Waals surface area contributed by atoms with Gasteiger partial charge in [0.25, 0.3) is 0 Å². The molecule has 2 aromatic rings. The number of rotatable bonds is 5. The van der Waals surface area contributed by atoms with Gasteiger partial charge in [0.15, 0.2) is 0 Å². The number of hydrogen-bond acceptors (Lipinski definition) is 4. The number of alkyl carbamates (subject to hydrolysis) is 1. The topological polar surface area (TPSA) is 87.7 Å². The van der Waals surface area contributed by atoms with Crippen LogP contribution in [-0.4, -0.2) is 23.7 Å². The third-order valence-corrected chi connectivity index (χ3v) is 2.78. The lowest BCUT2D eigenvalue weighted by Gasteiger charge is -2.09. The van der Waals surface area contributed by atoms with Gasteiger partial charge in [0, 0.05) is 0 Å². The molecule has 0 saturated heterocycles. The van der Waals surface area contributed by atoms with Crippen LogP contribution in [-0.2, 0) is 16.1 Å². The van der Waals surface area contributed by atoms with E-state index in [0.29, 0.717) is 0 Å². The van der Waals surface area contributed by atoms with E-state index in [1.807, 2.05) is 30.3 Å². The number of ether oxygens (including phenoxy) is 1. The fourth-order valence-electron chi connectivity index (χ4n) is 1.70. The third kappa shape index (κ3) is 4.82. The molecule has 0 aliphatic rings. The van der Waals surface area contributed by atoms with Crippen molar-refractivity contribution in [1.29, 1.82) is 0 Å². The van der Waals surface area contributed by atoms with Crippen LogP contribution in [0.4, 0.5) is 10.5 Å². The first-order valence-corrected chi connectivity index (χ1v) is 6.67. The standard InChI is InChI=1S/C16H16N2O4/c19-14-9-5-4-8-13(14)18-15(20)10-17-16(21)22-11-12-6-2-1-3-7-12/h1-9,19H,10-11H2,(H,17,21)(H,18,20). The Balaban J connectivity index is 1.72. The number of para-hydroxylation sites is 2. The van der Waals surface area contributed by atoms with E-state index >= 15 is 0 Å². The second-order valence-corrected chi connectivity index (χ2v) is 4.48. The molecular formula is C16H16N2O4. The van der Waals surface area contributed by atoms with Crippen molar-refractivity contribution in [1.82, 2.24) is 5.32 Å². The van der Waals surface area contributed by atoms with E-state index in [2.05, 4.69) is 10.6 Å². The van der Waals surface area contributed by atoms with E-state index in [1.54, 1.807) is 18.2 Å². The van der Waals surface area contributed by atoms with Gasteiger partial charge in [-0.3, -0.25) is 4.79 Å². The fraction of sp³-hybridized carbons (Fsp3) is 0.125. The van der Waals surface area contributed by atoms with Crippen molar-refractivity contribution < 1.29 is 19.4 Å². The molecule has 114 valence electrons. The minimum absolute atomic E-state index is 0.0393. The number of carbonyl (C=O) groups excluding carboxylic acids is 2. The lowest BCUT2D eigenvalue weighted by molar-refractivity contribution is -0.115. The van der Waals surface area contributed by atoms with Gasteiger partial charge in [-0.05, 0) is 17.7 Å². The van der Waals surface area contributed by atoms with Crippen molar-refractivity contribution in [3.63, 3.8) is 0 Å². The van der Waals surface area contributed by atoms with Crippen LogP contribution >= 0.6 is 0 Å². The number of phenolic OH excluding ortho intramolecular Hbond substituents is 1. The highest BCUT2D eigenvalue weighted by molar-refractivity contribution is 5.94. The van der Waals surface area contributed by atoms with Gasteiger partial charge in [-0.2, -0.15) is 0 Å². The van der Waals surface area contributed by atoms with Gasteiger partial charge in [0.05, 0.1) is 5.69 Å². The van der Waals surface area contributed by atoms with E-state index in [4.69, 9.17) is 4.74 Å². The lowest BCUT2D eigenvalue weighted by atomic mass is 10.2. The van der Waals surface area contributed by atoms with Gasteiger partial charge in [0.1, 0.15) is 18.9 Å². The van der Waals surface area contributed by atoms with E-state index in [9.17, 15) is 14.7 Å². The molecule has 3 N–H and O–H groups in total. The summed E-state index contributed by atoms with van der Waals surface area (Å²) in [6.45, 7) is -0.115. The average molecular weight is 300 g/mol. The number of aromatic hydroxyl groups is 1. The molecule has 2 rings (SSSR count). The normalized spacial score (nSPS) is 9.82. The maximum atomic E-state index is 11.7. The molecule has 0 radical (unpaired) electrons. The molecule has 0 spiro atoms. The zero-order valence-corrected chi connectivity index (χ0v) is 11.8. The summed E-state index contributed by atoms with van der Waals surface area (Å²) < 4.78 is 4.97. The molecule has 0 fully saturated rings. The number of benzene rings is 2. The van der Waals surface area contributed by atoms with Crippen LogP contribution in [0.3, 0.4) is 0 Å². The van der Waals surface area contributed by atoms with Crippen molar-refractivity contribution in [3.8, 4) is 5.75 Å². The minimum Gasteiger partial charge on any atom is -0.506 e. The molecule has 0 aliphatic carbocycles. The van der Waals surface area contributed by atoms with E-state index in [-0.39, 0.29) is 24.6 Å². The van der Waals surface area contributed by atoms with Crippen LogP contribution < -0.4 is 10.6 Å². The number of hydrogen-bond donors (Lipinski definition) is 3. The van der Waals surface area contributed by atoms with Gasteiger partial charge in [-0.15, -0.1) is 0 Å². The smallest absolute Gasteiger partial charge is 0.407 e. The monoisotopic (exact) mass is 300 g/mol. The van der Waals surface area contributed by atoms with Crippen LogP contribution in [0, 0.1) is 0 Å². The molecule has 2 aromatic carbocycles. The van der Waals surface area contributed by atoms with Crippen LogP contribution in [0.5, 0.6) is 5.75 Å². The number of carbonyl (C=O) groups is 2. The summed E-state index contributed by atoms with van der Waals surface area (Å²) in [5, 5.41) is 14.3. The first-order valence-electron chi connectivity index (χ1n) is 6.67. The summed E-state index contributed by atoms with van der Waals surface area (Å²) in [6, 6.07) is 15.6. The number of anilines is 1. The van der Waals surface area contributed by atoms with E-state index in [1.165, 1.54) is 6.07 Å². The highest BCUT2D eigenvalue weighted by atomic mass is 16.5. The molecule has 0 heterocycles. The highest BCUT2D eigenvalue weighted by Crippen LogP contribution is 2.20. The Kier molecular flexibility index (Phi) is 5.37. The first kappa shape index (κ1) is 15.4. The van der Waals surface area contributed by atoms with Crippen LogP contribution in [0.25, 0.3) is 0 Å². The lowest BCUT2D eigenvalue weighted by Crippen LogP contribution is -2.33. The maximum absolute atomic E-state index is 11.7. The molecular weight excluding hydrogens is 284 g/mol. The van der Waals surface area contributed by atoms with Gasteiger partial charge in [0.2, 0.25) is 5.91 Å². The summed E-state index contributed by atoms with van der Waals surface area (Å²) in [5.74, 6) is -0.499. The highest BCUT2D eigenvalue weighted by Gasteiger charge is 2.08. The SMILES string of the molecule is O=C(CNC(=O)OCc1ccccc1)Nc1ccccc1O. The number of amides is 2. The van der Waals surface area contributed by atoms with Crippen molar-refractivity contribution >= 4 is 17.7 Å². The Labute approximate surface area is 127 Å². The quantitative estimate of drug-likeness (QED) is 0.739. The summed E-state index contributed by atoms with van der Waals surface area (Å²) in [5.41, 5.74) is 1.14. The summed E-state index contributed by atoms with van der Waals surface area (Å²) in [7, 11) is 0. The Hall–Kier alpha value is -3.02. The van der Waals surface area contributed by atoms with E-state index < -0.39 is 12.0 Å². The molecule has 0 unspecified atom stereocenters. The molecule has 6 heteroatoms. The van der Waals surface area contributed by atoms with Crippen molar-refractivity contribution in [2.75, 3.05) is 11.9 Å². The van der Waals surface area contributed by atoms with Crippen LogP contribution in [0.15, 0.2) is 54.6 Å². The zero-order chi connectivity index (χ0) is 15.8. The Morgan fingerprint density at radius 3 is 2.41 bits per heavy atom. The van der Waals surface area contributed by atoms with Gasteiger partial charge in [-0.25, -0.2) is 4.79 Å². The Bertz CT molecular complexity index is 644. The fourth-order valence-corrected chi connectivity index (χ4v) is 1.70. The van der Waals surface area contributed by atoms with E-state index in [0.717, 1.165) is 5.56 Å². The summed E-state index contributed by atoms with van der Waals surface area (Å²) in [4.78, 5) is 23.1. The molecule has 0 aliphatic heterocycles. The molecule has 0 atom stereocenters. The second-order valence-electron chi connectivity index (χ2n) is 4.48. The Morgan fingerprint density at radius 2 is 1.68 bits per heavy atom. The predicted octanol–water partition coefficient (Wildman–Crippen LogP) is 2.26. The Morgan fingerprint density at radius 1 is 1.00 bits per heavy atom. The first-order chi connectivity index (χ1) is 10.6. The molecule has 6 nitrogen and oxygen atoms in total. The molecule has 0 saturated carbocycles. The average Bonchev–Trinajstić information content (AvgIpc) is 2.54. The maximum Gasteiger partial charge on any atom is 0.407 e. The zero-order valence-electron chi connectivity index (χ0n) is 11.8. The van der Waals surface area contributed by atoms with Crippen molar-refractivity contribution in [2.24, 2.45) is 0 Å². The van der Waals surface area contributed by atoms with Crippen LogP contribution in [0.1, 0.15) is 5.56 Å². The third-order valence-electron chi connectivity index (χ3n) is 2.78. The number of phenols is 1. The minimum atomic E-state index is -0.684. The largest absolute Gasteiger partial charge is 0.506 e. The summed E-state index contributed by atoms with van der Waals surface area (Å²) in [6.07, 6.45) is -0.684. The number of nitrogens with one attached hydrogen (secondary N) is 2. The summed E-state index contributed by atoms with van der Waals surface area (Å²) >= 11 is 0. The molecule has 2 amide bonds. The molecule has 0 bridgehead atoms. The predicted molar refractivity (Wildman–Crippen MR) is 81.4 cm³/mol. The van der Waals surface area contributed by atoms with Crippen molar-refractivity contribution in [3.05, 3.63) is 60.2 Å². The van der Waals surface area contributed by atoms with Crippen molar-refractivity contribution in [2.45, 2.75) is 6.61 Å². The van der Waals surface area contributed by atoms with Gasteiger partial charge in [-0.1, -0.05) is 42.5 Å². The van der Waals surface area contributed by atoms with Crippen LogP contribution in [0.2, 0.25) is 0 Å². The molecule has 22 heavy (non-hydrogen) atoms. The molecule has 0 aromatic heterocycles. The van der Waals surface area contributed by atoms with Gasteiger partial charge >= 0.3 is 6.09 Å². The van der Waals surface area contributed by atoms with Gasteiger partial charge < -0.3 is 20.5 Å². The second kappa shape index (κ2) is 7.68.